The largest absolute Gasteiger partial charge is 0.342 e. The monoisotopic (exact) mass is 173 g/mol. The highest BCUT2D eigenvalue weighted by Crippen LogP contribution is 2.20. The van der Waals surface area contributed by atoms with Gasteiger partial charge in [-0.05, 0) is 18.6 Å². The van der Waals surface area contributed by atoms with E-state index in [1.54, 1.807) is 0 Å². The molecule has 2 aromatic rings. The van der Waals surface area contributed by atoms with Gasteiger partial charge in [-0.1, -0.05) is 12.1 Å². The predicted molar refractivity (Wildman–Crippen MR) is 52.9 cm³/mol. The second-order valence-electron chi connectivity index (χ2n) is 3.42. The second kappa shape index (κ2) is 2.49. The van der Waals surface area contributed by atoms with Gasteiger partial charge in [-0.3, -0.25) is 0 Å². The van der Waals surface area contributed by atoms with Gasteiger partial charge in [-0.25, -0.2) is 4.98 Å². The molecule has 1 saturated heterocycles. The van der Waals surface area contributed by atoms with Crippen molar-refractivity contribution in [1.29, 1.82) is 0 Å². The molecule has 3 heteroatoms. The summed E-state index contributed by atoms with van der Waals surface area (Å²) in [6.07, 6.45) is 1.29. The molecule has 0 amide bonds. The molecule has 0 spiro atoms. The Morgan fingerprint density at radius 1 is 1.23 bits per heavy atom. The SMILES string of the molecule is c1ccc2[nH]c(N3CCC3)nc2c1. The summed E-state index contributed by atoms with van der Waals surface area (Å²) in [6, 6.07) is 8.14. The maximum absolute atomic E-state index is 4.51. The minimum absolute atomic E-state index is 1.02. The molecular formula is C10H11N3. The van der Waals surface area contributed by atoms with Gasteiger partial charge in [0.2, 0.25) is 5.95 Å². The fourth-order valence-electron chi connectivity index (χ4n) is 1.62. The smallest absolute Gasteiger partial charge is 0.203 e. The Labute approximate surface area is 76.4 Å². The van der Waals surface area contributed by atoms with Crippen LogP contribution >= 0.6 is 0 Å². The van der Waals surface area contributed by atoms with Crippen molar-refractivity contribution in [3.8, 4) is 0 Å². The summed E-state index contributed by atoms with van der Waals surface area (Å²) < 4.78 is 0. The number of hydrogen-bond acceptors (Lipinski definition) is 2. The number of fused-ring (bicyclic) bond motifs is 1. The number of nitrogens with zero attached hydrogens (tertiary/aromatic N) is 2. The van der Waals surface area contributed by atoms with Crippen molar-refractivity contribution in [2.75, 3.05) is 18.0 Å². The molecule has 0 unspecified atom stereocenters. The third-order valence-corrected chi connectivity index (χ3v) is 2.53. The lowest BCUT2D eigenvalue weighted by Gasteiger charge is -2.30. The van der Waals surface area contributed by atoms with Gasteiger partial charge in [0.15, 0.2) is 0 Å². The number of anilines is 1. The fraction of sp³-hybridized carbons (Fsp3) is 0.300. The number of aromatic nitrogens is 2. The van der Waals surface area contributed by atoms with Gasteiger partial charge in [0.25, 0.3) is 0 Å². The molecule has 3 rings (SSSR count). The molecule has 0 bridgehead atoms. The first-order chi connectivity index (χ1) is 6.43. The predicted octanol–water partition coefficient (Wildman–Crippen LogP) is 1.77. The third-order valence-electron chi connectivity index (χ3n) is 2.53. The number of hydrogen-bond donors (Lipinski definition) is 1. The molecule has 1 N–H and O–H groups in total. The molecule has 66 valence electrons. The molecule has 13 heavy (non-hydrogen) atoms. The van der Waals surface area contributed by atoms with Crippen LogP contribution in [-0.2, 0) is 0 Å². The van der Waals surface area contributed by atoms with E-state index in [-0.39, 0.29) is 0 Å². The van der Waals surface area contributed by atoms with E-state index >= 15 is 0 Å². The molecule has 1 aromatic heterocycles. The van der Waals surface area contributed by atoms with E-state index < -0.39 is 0 Å². The van der Waals surface area contributed by atoms with Crippen LogP contribution in [0.1, 0.15) is 6.42 Å². The van der Waals surface area contributed by atoms with Gasteiger partial charge in [-0.15, -0.1) is 0 Å². The Balaban J connectivity index is 2.10. The van der Waals surface area contributed by atoms with Crippen molar-refractivity contribution in [1.82, 2.24) is 9.97 Å². The number of H-pyrrole nitrogens is 1. The van der Waals surface area contributed by atoms with E-state index in [1.165, 1.54) is 6.42 Å². The zero-order valence-corrected chi connectivity index (χ0v) is 7.33. The van der Waals surface area contributed by atoms with Crippen LogP contribution in [0.25, 0.3) is 11.0 Å². The van der Waals surface area contributed by atoms with Crippen LogP contribution in [0.2, 0.25) is 0 Å². The first-order valence-corrected chi connectivity index (χ1v) is 4.63. The third kappa shape index (κ3) is 1.00. The molecular weight excluding hydrogens is 162 g/mol. The lowest BCUT2D eigenvalue weighted by molar-refractivity contribution is 0.604. The summed E-state index contributed by atoms with van der Waals surface area (Å²) in [6.45, 7) is 2.28. The van der Waals surface area contributed by atoms with Gasteiger partial charge in [-0.2, -0.15) is 0 Å². The Kier molecular flexibility index (Phi) is 1.33. The highest BCUT2D eigenvalue weighted by Gasteiger charge is 2.17. The molecule has 0 atom stereocenters. The average molecular weight is 173 g/mol. The van der Waals surface area contributed by atoms with Gasteiger partial charge in [0, 0.05) is 13.1 Å². The summed E-state index contributed by atoms with van der Waals surface area (Å²) >= 11 is 0. The second-order valence-corrected chi connectivity index (χ2v) is 3.42. The Morgan fingerprint density at radius 2 is 2.08 bits per heavy atom. The number of rotatable bonds is 1. The van der Waals surface area contributed by atoms with Crippen LogP contribution in [0.3, 0.4) is 0 Å². The summed E-state index contributed by atoms with van der Waals surface area (Å²) in [5, 5.41) is 0. The van der Waals surface area contributed by atoms with Crippen LogP contribution in [0.5, 0.6) is 0 Å². The maximum Gasteiger partial charge on any atom is 0.203 e. The Morgan fingerprint density at radius 3 is 2.77 bits per heavy atom. The van der Waals surface area contributed by atoms with Crippen molar-refractivity contribution in [3.63, 3.8) is 0 Å². The van der Waals surface area contributed by atoms with E-state index in [0.717, 1.165) is 30.1 Å². The topological polar surface area (TPSA) is 31.9 Å². The van der Waals surface area contributed by atoms with E-state index in [0.29, 0.717) is 0 Å². The number of benzene rings is 1. The van der Waals surface area contributed by atoms with Gasteiger partial charge >= 0.3 is 0 Å². The van der Waals surface area contributed by atoms with Gasteiger partial charge in [0.05, 0.1) is 11.0 Å². The molecule has 0 radical (unpaired) electrons. The zero-order chi connectivity index (χ0) is 8.67. The molecule has 1 aromatic carbocycles. The van der Waals surface area contributed by atoms with Crippen molar-refractivity contribution in [2.45, 2.75) is 6.42 Å². The van der Waals surface area contributed by atoms with Crippen LogP contribution in [0, 0.1) is 0 Å². The van der Waals surface area contributed by atoms with Crippen molar-refractivity contribution >= 4 is 17.0 Å². The fourth-order valence-corrected chi connectivity index (χ4v) is 1.62. The standard InChI is InChI=1S/C10H11N3/c1-2-5-9-8(4-1)11-10(12-9)13-6-3-7-13/h1-2,4-5H,3,6-7H2,(H,11,12). The summed E-state index contributed by atoms with van der Waals surface area (Å²) in [4.78, 5) is 10.1. The quantitative estimate of drug-likeness (QED) is 0.712. The van der Waals surface area contributed by atoms with Crippen molar-refractivity contribution in [3.05, 3.63) is 24.3 Å². The summed E-state index contributed by atoms with van der Waals surface area (Å²) in [7, 11) is 0. The van der Waals surface area contributed by atoms with Gasteiger partial charge < -0.3 is 9.88 Å². The van der Waals surface area contributed by atoms with Gasteiger partial charge in [0.1, 0.15) is 0 Å². The molecule has 1 aliphatic heterocycles. The van der Waals surface area contributed by atoms with Crippen molar-refractivity contribution in [2.24, 2.45) is 0 Å². The number of nitrogens with one attached hydrogen (secondary N) is 1. The number of para-hydroxylation sites is 2. The minimum atomic E-state index is 1.02. The molecule has 3 nitrogen and oxygen atoms in total. The molecule has 1 aliphatic rings. The highest BCUT2D eigenvalue weighted by molar-refractivity contribution is 5.77. The Hall–Kier alpha value is -1.51. The summed E-state index contributed by atoms with van der Waals surface area (Å²) in [5.41, 5.74) is 2.19. The Bertz CT molecular complexity index is 395. The van der Waals surface area contributed by atoms with E-state index in [4.69, 9.17) is 0 Å². The minimum Gasteiger partial charge on any atom is -0.342 e. The van der Waals surface area contributed by atoms with E-state index in [1.807, 2.05) is 18.2 Å². The zero-order valence-electron chi connectivity index (χ0n) is 7.33. The van der Waals surface area contributed by atoms with Crippen molar-refractivity contribution < 1.29 is 0 Å². The maximum atomic E-state index is 4.51. The molecule has 2 heterocycles. The van der Waals surface area contributed by atoms with E-state index in [9.17, 15) is 0 Å². The van der Waals surface area contributed by atoms with Crippen LogP contribution in [0.4, 0.5) is 5.95 Å². The van der Waals surface area contributed by atoms with E-state index in [2.05, 4.69) is 20.9 Å². The highest BCUT2D eigenvalue weighted by atomic mass is 15.3. The number of imidazole rings is 1. The average Bonchev–Trinajstić information content (AvgIpc) is 2.43. The summed E-state index contributed by atoms with van der Waals surface area (Å²) in [5.74, 6) is 1.02. The first kappa shape index (κ1) is 6.95. The first-order valence-electron chi connectivity index (χ1n) is 4.63. The lowest BCUT2D eigenvalue weighted by Crippen LogP contribution is -2.37. The number of aromatic amines is 1. The van der Waals surface area contributed by atoms with Crippen LogP contribution in [0.15, 0.2) is 24.3 Å². The van der Waals surface area contributed by atoms with Crippen LogP contribution < -0.4 is 4.90 Å². The molecule has 1 fully saturated rings. The van der Waals surface area contributed by atoms with Crippen LogP contribution in [-0.4, -0.2) is 23.1 Å². The molecule has 0 aliphatic carbocycles. The molecule has 0 saturated carbocycles. The normalized spacial score (nSPS) is 16.2. The lowest BCUT2D eigenvalue weighted by atomic mass is 10.2.